The number of nitrogens with zero attached hydrogens (tertiary/aromatic N) is 4. The number of carbonyl (C=O) groups is 3. The molecule has 0 unspecified atom stereocenters. The Bertz CT molecular complexity index is 1060. The maximum Gasteiger partial charge on any atom is 0.325 e. The maximum atomic E-state index is 13.4. The van der Waals surface area contributed by atoms with Gasteiger partial charge < -0.3 is 14.4 Å². The molecule has 0 radical (unpaired) electrons. The van der Waals surface area contributed by atoms with Gasteiger partial charge in [0.2, 0.25) is 0 Å². The topological polar surface area (TPSA) is 104 Å². The van der Waals surface area contributed by atoms with Crippen molar-refractivity contribution >= 4 is 40.2 Å². The SMILES string of the molecule is COC(=O)CN(CC(=O)OC)C(=O)c1cc(-c2cccs2)nc2c1c(C)nn2C. The normalized spacial score (nSPS) is 10.8. The van der Waals surface area contributed by atoms with E-state index in [1.165, 1.54) is 25.6 Å². The zero-order chi connectivity index (χ0) is 21.1. The molecule has 29 heavy (non-hydrogen) atoms. The van der Waals surface area contributed by atoms with Crippen molar-refractivity contribution in [2.75, 3.05) is 27.3 Å². The number of pyridine rings is 1. The highest BCUT2D eigenvalue weighted by atomic mass is 32.1. The Morgan fingerprint density at radius 1 is 1.17 bits per heavy atom. The van der Waals surface area contributed by atoms with Crippen molar-refractivity contribution in [3.05, 3.63) is 34.8 Å². The predicted octanol–water partition coefficient (Wildman–Crippen LogP) is 1.79. The first-order chi connectivity index (χ1) is 13.8. The Morgan fingerprint density at radius 3 is 2.38 bits per heavy atom. The van der Waals surface area contributed by atoms with Crippen LogP contribution in [-0.2, 0) is 26.1 Å². The molecule has 3 rings (SSSR count). The van der Waals surface area contributed by atoms with Gasteiger partial charge >= 0.3 is 11.9 Å². The van der Waals surface area contributed by atoms with E-state index in [0.717, 1.165) is 9.78 Å². The van der Waals surface area contributed by atoms with Crippen LogP contribution in [0.2, 0.25) is 0 Å². The lowest BCUT2D eigenvalue weighted by atomic mass is 10.1. The zero-order valence-corrected chi connectivity index (χ0v) is 17.3. The Kier molecular flexibility index (Phi) is 5.92. The van der Waals surface area contributed by atoms with Crippen molar-refractivity contribution < 1.29 is 23.9 Å². The number of carbonyl (C=O) groups excluding carboxylic acids is 3. The molecule has 0 saturated carbocycles. The molecule has 3 aromatic rings. The molecule has 9 nitrogen and oxygen atoms in total. The van der Waals surface area contributed by atoms with Crippen LogP contribution in [0.1, 0.15) is 16.1 Å². The number of amides is 1. The summed E-state index contributed by atoms with van der Waals surface area (Å²) in [5.74, 6) is -1.80. The highest BCUT2D eigenvalue weighted by Crippen LogP contribution is 2.30. The van der Waals surface area contributed by atoms with Gasteiger partial charge in [0.15, 0.2) is 5.65 Å². The minimum Gasteiger partial charge on any atom is -0.468 e. The second kappa shape index (κ2) is 8.39. The number of methoxy groups -OCH3 is 2. The van der Waals surface area contributed by atoms with Crippen LogP contribution in [0, 0.1) is 6.92 Å². The minimum absolute atomic E-state index is 0.303. The monoisotopic (exact) mass is 416 g/mol. The van der Waals surface area contributed by atoms with E-state index < -0.39 is 17.8 Å². The van der Waals surface area contributed by atoms with Crippen LogP contribution >= 0.6 is 11.3 Å². The lowest BCUT2D eigenvalue weighted by molar-refractivity contribution is -0.144. The number of thiophene rings is 1. The number of hydrogen-bond donors (Lipinski definition) is 0. The smallest absolute Gasteiger partial charge is 0.325 e. The summed E-state index contributed by atoms with van der Waals surface area (Å²) < 4.78 is 10.9. The van der Waals surface area contributed by atoms with Gasteiger partial charge in [-0.1, -0.05) is 6.07 Å². The summed E-state index contributed by atoms with van der Waals surface area (Å²) in [7, 11) is 4.18. The lowest BCUT2D eigenvalue weighted by Gasteiger charge is -2.21. The number of ether oxygens (including phenoxy) is 2. The fourth-order valence-corrected chi connectivity index (χ4v) is 3.66. The van der Waals surface area contributed by atoms with E-state index in [0.29, 0.717) is 28.0 Å². The van der Waals surface area contributed by atoms with Crippen molar-refractivity contribution in [2.24, 2.45) is 7.05 Å². The fraction of sp³-hybridized carbons (Fsp3) is 0.316. The average molecular weight is 416 g/mol. The largest absolute Gasteiger partial charge is 0.468 e. The molecule has 0 bridgehead atoms. The number of esters is 2. The molecule has 1 amide bonds. The number of hydrogen-bond acceptors (Lipinski definition) is 8. The van der Waals surface area contributed by atoms with Gasteiger partial charge in [0, 0.05) is 7.05 Å². The van der Waals surface area contributed by atoms with Gasteiger partial charge in [-0.25, -0.2) is 4.98 Å². The maximum absolute atomic E-state index is 13.4. The third kappa shape index (κ3) is 4.11. The predicted molar refractivity (Wildman–Crippen MR) is 106 cm³/mol. The lowest BCUT2D eigenvalue weighted by Crippen LogP contribution is -2.40. The molecule has 0 aromatic carbocycles. The van der Waals surface area contributed by atoms with Crippen molar-refractivity contribution in [1.82, 2.24) is 19.7 Å². The highest BCUT2D eigenvalue weighted by molar-refractivity contribution is 7.13. The molecule has 0 saturated heterocycles. The zero-order valence-electron chi connectivity index (χ0n) is 16.5. The highest BCUT2D eigenvalue weighted by Gasteiger charge is 2.27. The third-order valence-electron chi connectivity index (χ3n) is 4.36. The first kappa shape index (κ1) is 20.5. The molecule has 0 atom stereocenters. The van der Waals surface area contributed by atoms with Gasteiger partial charge in [0.05, 0.1) is 41.4 Å². The van der Waals surface area contributed by atoms with E-state index in [9.17, 15) is 14.4 Å². The summed E-state index contributed by atoms with van der Waals surface area (Å²) in [5.41, 5.74) is 2.06. The summed E-state index contributed by atoms with van der Waals surface area (Å²) >= 11 is 1.49. The van der Waals surface area contributed by atoms with E-state index in [2.05, 4.69) is 19.6 Å². The van der Waals surface area contributed by atoms with E-state index in [1.54, 1.807) is 24.7 Å². The Morgan fingerprint density at radius 2 is 1.83 bits per heavy atom. The standard InChI is InChI=1S/C19H20N4O5S/c1-11-17-12(19(26)23(9-15(24)27-3)10-16(25)28-4)8-13(14-6-5-7-29-14)20-18(17)22(2)21-11/h5-8H,9-10H2,1-4H3. The molecule has 152 valence electrons. The summed E-state index contributed by atoms with van der Waals surface area (Å²) in [5, 5.41) is 6.85. The molecular weight excluding hydrogens is 396 g/mol. The van der Waals surface area contributed by atoms with Crippen LogP contribution in [-0.4, -0.2) is 64.8 Å². The molecule has 0 aliphatic rings. The summed E-state index contributed by atoms with van der Waals surface area (Å²) in [4.78, 5) is 43.7. The summed E-state index contributed by atoms with van der Waals surface area (Å²) in [6, 6.07) is 5.45. The number of fused-ring (bicyclic) bond motifs is 1. The van der Waals surface area contributed by atoms with Crippen LogP contribution in [0.5, 0.6) is 0 Å². The minimum atomic E-state index is -0.644. The van der Waals surface area contributed by atoms with Crippen molar-refractivity contribution in [1.29, 1.82) is 0 Å². The molecule has 0 N–H and O–H groups in total. The molecule has 0 aliphatic carbocycles. The fourth-order valence-electron chi connectivity index (χ4n) is 2.97. The van der Waals surface area contributed by atoms with E-state index >= 15 is 0 Å². The number of aryl methyl sites for hydroxylation is 2. The summed E-state index contributed by atoms with van der Waals surface area (Å²) in [6.45, 7) is 1.00. The van der Waals surface area contributed by atoms with Gasteiger partial charge in [0.25, 0.3) is 5.91 Å². The van der Waals surface area contributed by atoms with Gasteiger partial charge in [-0.15, -0.1) is 11.3 Å². The molecule has 0 aliphatic heterocycles. The first-order valence-electron chi connectivity index (χ1n) is 8.66. The Balaban J connectivity index is 2.15. The molecule has 0 fully saturated rings. The molecule has 0 spiro atoms. The Hall–Kier alpha value is -3.27. The van der Waals surface area contributed by atoms with Crippen LogP contribution < -0.4 is 0 Å². The van der Waals surface area contributed by atoms with Gasteiger partial charge in [-0.05, 0) is 24.4 Å². The van der Waals surface area contributed by atoms with Gasteiger partial charge in [-0.2, -0.15) is 5.10 Å². The number of rotatable bonds is 6. The van der Waals surface area contributed by atoms with Gasteiger partial charge in [0.1, 0.15) is 13.1 Å². The molecule has 3 aromatic heterocycles. The van der Waals surface area contributed by atoms with Crippen molar-refractivity contribution in [3.8, 4) is 10.6 Å². The van der Waals surface area contributed by atoms with E-state index in [1.807, 2.05) is 17.5 Å². The van der Waals surface area contributed by atoms with Crippen LogP contribution in [0.15, 0.2) is 23.6 Å². The average Bonchev–Trinajstić information content (AvgIpc) is 3.34. The Labute approximate surface area is 170 Å². The first-order valence-corrected chi connectivity index (χ1v) is 9.54. The second-order valence-electron chi connectivity index (χ2n) is 6.25. The van der Waals surface area contributed by atoms with Crippen LogP contribution in [0.4, 0.5) is 0 Å². The summed E-state index contributed by atoms with van der Waals surface area (Å²) in [6.07, 6.45) is 0. The van der Waals surface area contributed by atoms with Crippen LogP contribution in [0.25, 0.3) is 21.6 Å². The quantitative estimate of drug-likeness (QED) is 0.564. The van der Waals surface area contributed by atoms with Gasteiger partial charge in [-0.3, -0.25) is 19.1 Å². The number of aromatic nitrogens is 3. The molecule has 10 heteroatoms. The molecular formula is C19H20N4O5S. The van der Waals surface area contributed by atoms with Crippen molar-refractivity contribution in [2.45, 2.75) is 6.92 Å². The van der Waals surface area contributed by atoms with Crippen molar-refractivity contribution in [3.63, 3.8) is 0 Å². The van der Waals surface area contributed by atoms with Crippen LogP contribution in [0.3, 0.4) is 0 Å². The van der Waals surface area contributed by atoms with E-state index in [-0.39, 0.29) is 13.1 Å². The second-order valence-corrected chi connectivity index (χ2v) is 7.20. The van der Waals surface area contributed by atoms with E-state index in [4.69, 9.17) is 0 Å². The molecule has 3 heterocycles. The third-order valence-corrected chi connectivity index (χ3v) is 5.25.